The highest BCUT2D eigenvalue weighted by molar-refractivity contribution is 7.92. The van der Waals surface area contributed by atoms with Gasteiger partial charge in [0.1, 0.15) is 11.2 Å². The molecule has 1 aromatic heterocycles. The topological polar surface area (TPSA) is 99.9 Å². The fourth-order valence-electron chi connectivity index (χ4n) is 3.65. The van der Waals surface area contributed by atoms with Crippen LogP contribution in [0.4, 0.5) is 35.4 Å². The van der Waals surface area contributed by atoms with Gasteiger partial charge in [0.2, 0.25) is 10.0 Å². The molecular formula is C18H23F3N6O2S2. The Morgan fingerprint density at radius 3 is 2.61 bits per heavy atom. The molecule has 0 fully saturated rings. The van der Waals surface area contributed by atoms with Gasteiger partial charge in [-0.2, -0.15) is 13.2 Å². The highest BCUT2D eigenvalue weighted by atomic mass is 32.2. The second-order valence-electron chi connectivity index (χ2n) is 7.16. The zero-order valence-electron chi connectivity index (χ0n) is 17.1. The summed E-state index contributed by atoms with van der Waals surface area (Å²) in [5.41, 5.74) is 3.30. The Hall–Kier alpha value is -2.28. The van der Waals surface area contributed by atoms with Crippen LogP contribution in [0.15, 0.2) is 27.9 Å². The lowest BCUT2D eigenvalue weighted by molar-refractivity contribution is -0.106. The maximum atomic E-state index is 12.7. The molecule has 13 heteroatoms. The minimum Gasteiger partial charge on any atom is -0.368 e. The van der Waals surface area contributed by atoms with Crippen molar-refractivity contribution in [1.82, 2.24) is 10.2 Å². The summed E-state index contributed by atoms with van der Waals surface area (Å²) >= 11 is 1.13. The number of hydrogen-bond acceptors (Lipinski definition) is 8. The fraction of sp³-hybridized carbons (Fsp3) is 0.556. The number of azo groups is 1. The first kappa shape index (κ1) is 23.4. The van der Waals surface area contributed by atoms with Crippen molar-refractivity contribution >= 4 is 43.6 Å². The molecule has 0 bridgehead atoms. The van der Waals surface area contributed by atoms with Crippen LogP contribution in [0.1, 0.15) is 38.7 Å². The predicted octanol–water partition coefficient (Wildman–Crippen LogP) is 5.20. The average molecular weight is 477 g/mol. The van der Waals surface area contributed by atoms with E-state index >= 15 is 0 Å². The molecule has 2 aromatic rings. The summed E-state index contributed by atoms with van der Waals surface area (Å²) in [6, 6.07) is 3.49. The van der Waals surface area contributed by atoms with Crippen molar-refractivity contribution in [2.75, 3.05) is 21.9 Å². The van der Waals surface area contributed by atoms with E-state index in [0.29, 0.717) is 0 Å². The van der Waals surface area contributed by atoms with Crippen LogP contribution < -0.4 is 9.62 Å². The molecule has 0 spiro atoms. The Morgan fingerprint density at radius 2 is 2.00 bits per heavy atom. The van der Waals surface area contributed by atoms with E-state index in [0.717, 1.165) is 54.8 Å². The van der Waals surface area contributed by atoms with Crippen LogP contribution in [-0.2, 0) is 16.4 Å². The number of anilines is 2. The summed E-state index contributed by atoms with van der Waals surface area (Å²) in [6.45, 7) is 4.93. The normalized spacial score (nSPS) is 15.0. The third kappa shape index (κ3) is 6.12. The zero-order chi connectivity index (χ0) is 22.6. The molecule has 2 heterocycles. The number of nitrogens with one attached hydrogen (secondary N) is 1. The second kappa shape index (κ2) is 9.47. The van der Waals surface area contributed by atoms with E-state index in [9.17, 15) is 21.6 Å². The van der Waals surface area contributed by atoms with Gasteiger partial charge in [0.25, 0.3) is 5.13 Å². The Bertz CT molecular complexity index is 1020. The van der Waals surface area contributed by atoms with E-state index in [-0.39, 0.29) is 22.5 Å². The molecule has 1 aliphatic rings. The molecule has 0 saturated heterocycles. The van der Waals surface area contributed by atoms with Crippen molar-refractivity contribution in [1.29, 1.82) is 0 Å². The maximum Gasteiger partial charge on any atom is 0.404 e. The number of halogens is 3. The number of rotatable bonds is 8. The van der Waals surface area contributed by atoms with Crippen LogP contribution in [-0.4, -0.2) is 43.1 Å². The molecule has 0 atom stereocenters. The number of hydrogen-bond donors (Lipinski definition) is 1. The number of alkyl halides is 3. The number of sulfonamides is 1. The fourth-order valence-corrected chi connectivity index (χ4v) is 5.02. The van der Waals surface area contributed by atoms with Crippen LogP contribution in [0.3, 0.4) is 0 Å². The molecular weight excluding hydrogens is 453 g/mol. The molecule has 170 valence electrons. The third-order valence-electron chi connectivity index (χ3n) is 4.95. The molecule has 1 aliphatic heterocycles. The van der Waals surface area contributed by atoms with Gasteiger partial charge in [-0.15, -0.1) is 20.4 Å². The van der Waals surface area contributed by atoms with Crippen molar-refractivity contribution < 1.29 is 21.6 Å². The van der Waals surface area contributed by atoms with Gasteiger partial charge in [-0.05, 0) is 43.4 Å². The van der Waals surface area contributed by atoms with Gasteiger partial charge in [0.05, 0.1) is 5.69 Å². The minimum absolute atomic E-state index is 0.0471. The predicted molar refractivity (Wildman–Crippen MR) is 114 cm³/mol. The molecule has 0 unspecified atom stereocenters. The van der Waals surface area contributed by atoms with Crippen molar-refractivity contribution in [3.63, 3.8) is 0 Å². The number of aryl methyl sites for hydroxylation is 1. The standard InChI is InChI=1S/C18H23F3N6O2S2/c1-3-13(4-2)27-7-5-6-12-8-14(23-25-17-24-22-11-30-17)15(9-16(12)27)26-31(28,29)10-18(19,20)21/h8-9,11,13,26H,3-7,10H2,1-2H3. The smallest absolute Gasteiger partial charge is 0.368 e. The zero-order valence-corrected chi connectivity index (χ0v) is 18.7. The number of aromatic nitrogens is 2. The van der Waals surface area contributed by atoms with E-state index < -0.39 is 22.0 Å². The second-order valence-corrected chi connectivity index (χ2v) is 9.70. The van der Waals surface area contributed by atoms with Gasteiger partial charge < -0.3 is 4.90 Å². The Morgan fingerprint density at radius 1 is 1.26 bits per heavy atom. The van der Waals surface area contributed by atoms with Crippen molar-refractivity contribution in [2.24, 2.45) is 10.2 Å². The van der Waals surface area contributed by atoms with E-state index in [2.05, 4.69) is 43.9 Å². The summed E-state index contributed by atoms with van der Waals surface area (Å²) in [6.07, 6.45) is -1.42. The third-order valence-corrected chi connectivity index (χ3v) is 6.76. The highest BCUT2D eigenvalue weighted by Gasteiger charge is 2.36. The molecule has 8 nitrogen and oxygen atoms in total. The summed E-state index contributed by atoms with van der Waals surface area (Å²) in [7, 11) is -4.68. The van der Waals surface area contributed by atoms with Gasteiger partial charge >= 0.3 is 6.18 Å². The molecule has 0 radical (unpaired) electrons. The number of benzene rings is 1. The van der Waals surface area contributed by atoms with Gasteiger partial charge in [-0.3, -0.25) is 4.72 Å². The molecule has 0 amide bonds. The monoisotopic (exact) mass is 476 g/mol. The summed E-state index contributed by atoms with van der Waals surface area (Å²) in [5.74, 6) is -1.99. The maximum absolute atomic E-state index is 12.7. The van der Waals surface area contributed by atoms with Gasteiger partial charge in [0, 0.05) is 18.3 Å². The quantitative estimate of drug-likeness (QED) is 0.528. The minimum atomic E-state index is -4.87. The number of nitrogens with zero attached hydrogens (tertiary/aromatic N) is 5. The lowest BCUT2D eigenvalue weighted by Gasteiger charge is -2.38. The van der Waals surface area contributed by atoms with Crippen LogP contribution >= 0.6 is 11.3 Å². The van der Waals surface area contributed by atoms with E-state index in [4.69, 9.17) is 0 Å². The molecule has 3 rings (SSSR count). The van der Waals surface area contributed by atoms with Gasteiger partial charge in [-0.1, -0.05) is 25.2 Å². The first-order valence-corrected chi connectivity index (χ1v) is 12.3. The molecule has 0 aliphatic carbocycles. The first-order valence-electron chi connectivity index (χ1n) is 9.80. The average Bonchev–Trinajstić information content (AvgIpc) is 3.19. The van der Waals surface area contributed by atoms with Crippen molar-refractivity contribution in [3.05, 3.63) is 23.2 Å². The summed E-state index contributed by atoms with van der Waals surface area (Å²) in [4.78, 5) is 2.19. The van der Waals surface area contributed by atoms with E-state index in [1.807, 2.05) is 0 Å². The van der Waals surface area contributed by atoms with Crippen LogP contribution in [0.5, 0.6) is 0 Å². The van der Waals surface area contributed by atoms with E-state index in [1.165, 1.54) is 5.51 Å². The lowest BCUT2D eigenvalue weighted by Crippen LogP contribution is -2.38. The number of fused-ring (bicyclic) bond motifs is 1. The Balaban J connectivity index is 2.05. The van der Waals surface area contributed by atoms with Crippen molar-refractivity contribution in [3.8, 4) is 0 Å². The largest absolute Gasteiger partial charge is 0.404 e. The Kier molecular flexibility index (Phi) is 7.14. The molecule has 0 saturated carbocycles. The van der Waals surface area contributed by atoms with Crippen LogP contribution in [0.25, 0.3) is 0 Å². The van der Waals surface area contributed by atoms with Gasteiger partial charge in [0.15, 0.2) is 5.75 Å². The SMILES string of the molecule is CCC(CC)N1CCCc2cc(N=Nc3nncs3)c(NS(=O)(=O)CC(F)(F)F)cc21. The van der Waals surface area contributed by atoms with Crippen molar-refractivity contribution in [2.45, 2.75) is 51.7 Å². The molecule has 1 N–H and O–H groups in total. The van der Waals surface area contributed by atoms with Crippen LogP contribution in [0, 0.1) is 0 Å². The highest BCUT2D eigenvalue weighted by Crippen LogP contribution is 2.39. The molecule has 1 aromatic carbocycles. The lowest BCUT2D eigenvalue weighted by atomic mass is 9.97. The summed E-state index contributed by atoms with van der Waals surface area (Å²) in [5, 5.41) is 15.6. The van der Waals surface area contributed by atoms with Crippen LogP contribution in [0.2, 0.25) is 0 Å². The van der Waals surface area contributed by atoms with E-state index in [1.54, 1.807) is 12.1 Å². The first-order chi connectivity index (χ1) is 14.6. The summed E-state index contributed by atoms with van der Waals surface area (Å²) < 4.78 is 64.6. The Labute approximate surface area is 182 Å². The molecule has 31 heavy (non-hydrogen) atoms. The van der Waals surface area contributed by atoms with Gasteiger partial charge in [-0.25, -0.2) is 8.42 Å².